The lowest BCUT2D eigenvalue weighted by Crippen LogP contribution is -2.47. The van der Waals surface area contributed by atoms with Gasteiger partial charge < -0.3 is 9.30 Å². The maximum Gasteiger partial charge on any atom is 0.237 e. The number of aryl methyl sites for hydroxylation is 2. The number of nitrogens with zero attached hydrogens (tertiary/aromatic N) is 3. The highest BCUT2D eigenvalue weighted by Gasteiger charge is 2.23. The van der Waals surface area contributed by atoms with E-state index in [0.717, 1.165) is 54.1 Å². The van der Waals surface area contributed by atoms with Crippen molar-refractivity contribution in [2.45, 2.75) is 52.2 Å². The number of amides is 1. The number of hydrazine groups is 1. The van der Waals surface area contributed by atoms with Gasteiger partial charge in [0.05, 0.1) is 11.0 Å². The summed E-state index contributed by atoms with van der Waals surface area (Å²) in [6.07, 6.45) is 4.88. The highest BCUT2D eigenvalue weighted by molar-refractivity contribution is 6.30. The van der Waals surface area contributed by atoms with E-state index in [0.29, 0.717) is 31.0 Å². The highest BCUT2D eigenvalue weighted by Crippen LogP contribution is 2.24. The van der Waals surface area contributed by atoms with Crippen molar-refractivity contribution >= 4 is 28.5 Å². The standard InChI is InChI=1S/C31H35ClN4O2/c1-23-9-8-12-28-30(23)33-29(22-38-27-15-13-26(32)14-16-27)36(28)20-17-25(21-24-10-4-2-5-11-24)31(37)34-35-18-6-3-7-19-35/h2,4-5,8-16,25H,3,6-7,17-22H2,1H3,(H,34,37). The van der Waals surface area contributed by atoms with E-state index < -0.39 is 0 Å². The summed E-state index contributed by atoms with van der Waals surface area (Å²) < 4.78 is 8.29. The van der Waals surface area contributed by atoms with Gasteiger partial charge in [-0.05, 0) is 74.1 Å². The van der Waals surface area contributed by atoms with Crippen molar-refractivity contribution in [3.8, 4) is 5.75 Å². The molecule has 0 aliphatic carbocycles. The number of piperidine rings is 1. The van der Waals surface area contributed by atoms with Crippen LogP contribution in [-0.4, -0.2) is 33.6 Å². The topological polar surface area (TPSA) is 59.4 Å². The van der Waals surface area contributed by atoms with E-state index in [1.165, 1.54) is 12.0 Å². The molecular weight excluding hydrogens is 496 g/mol. The molecule has 1 fully saturated rings. The first-order valence-electron chi connectivity index (χ1n) is 13.5. The van der Waals surface area contributed by atoms with E-state index in [4.69, 9.17) is 21.3 Å². The predicted molar refractivity (Wildman–Crippen MR) is 152 cm³/mol. The van der Waals surface area contributed by atoms with Gasteiger partial charge in [-0.25, -0.2) is 9.99 Å². The molecule has 3 aromatic carbocycles. The van der Waals surface area contributed by atoms with Crippen LogP contribution < -0.4 is 10.2 Å². The lowest BCUT2D eigenvalue weighted by Gasteiger charge is -2.29. The molecule has 1 aliphatic heterocycles. The summed E-state index contributed by atoms with van der Waals surface area (Å²) in [6, 6.07) is 23.9. The molecule has 198 valence electrons. The second kappa shape index (κ2) is 12.5. The molecule has 1 unspecified atom stereocenters. The first-order chi connectivity index (χ1) is 18.6. The Bertz CT molecular complexity index is 1350. The third kappa shape index (κ3) is 6.55. The van der Waals surface area contributed by atoms with E-state index in [1.807, 2.05) is 42.5 Å². The first-order valence-corrected chi connectivity index (χ1v) is 13.9. The van der Waals surface area contributed by atoms with E-state index in [1.54, 1.807) is 0 Å². The molecule has 1 saturated heterocycles. The Hall–Kier alpha value is -3.35. The van der Waals surface area contributed by atoms with Crippen LogP contribution >= 0.6 is 11.6 Å². The van der Waals surface area contributed by atoms with Crippen molar-refractivity contribution in [3.05, 3.63) is 94.8 Å². The maximum absolute atomic E-state index is 13.5. The Kier molecular flexibility index (Phi) is 8.61. The van der Waals surface area contributed by atoms with E-state index in [9.17, 15) is 4.79 Å². The van der Waals surface area contributed by atoms with Crippen molar-refractivity contribution in [1.82, 2.24) is 20.0 Å². The Balaban J connectivity index is 1.37. The van der Waals surface area contributed by atoms with Crippen molar-refractivity contribution in [2.24, 2.45) is 5.92 Å². The van der Waals surface area contributed by atoms with E-state index >= 15 is 0 Å². The average Bonchev–Trinajstić information content (AvgIpc) is 3.30. The molecule has 38 heavy (non-hydrogen) atoms. The van der Waals surface area contributed by atoms with Gasteiger partial charge in [-0.3, -0.25) is 10.2 Å². The summed E-state index contributed by atoms with van der Waals surface area (Å²) in [5.41, 5.74) is 7.54. The van der Waals surface area contributed by atoms with Gasteiger partial charge >= 0.3 is 0 Å². The average molecular weight is 531 g/mol. The number of aromatic nitrogens is 2. The van der Waals surface area contributed by atoms with Crippen LogP contribution in [0.3, 0.4) is 0 Å². The number of hydrogen-bond donors (Lipinski definition) is 1. The predicted octanol–water partition coefficient (Wildman–Crippen LogP) is 6.34. The molecule has 0 spiro atoms. The summed E-state index contributed by atoms with van der Waals surface area (Å²) >= 11 is 6.03. The second-order valence-electron chi connectivity index (χ2n) is 10.1. The van der Waals surface area contributed by atoms with Gasteiger partial charge in [-0.2, -0.15) is 0 Å². The minimum absolute atomic E-state index is 0.0929. The number of ether oxygens (including phenoxy) is 1. The fourth-order valence-corrected chi connectivity index (χ4v) is 5.26. The molecule has 0 saturated carbocycles. The fraction of sp³-hybridized carbons (Fsp3) is 0.355. The SMILES string of the molecule is Cc1cccc2c1nc(COc1ccc(Cl)cc1)n2CCC(Cc1ccccc1)C(=O)NN1CCCCC1. The van der Waals surface area contributed by atoms with E-state index in [-0.39, 0.29) is 11.8 Å². The number of carbonyl (C=O) groups excluding carboxylic acids is 1. The number of imidazole rings is 1. The Labute approximate surface area is 229 Å². The molecule has 7 heteroatoms. The number of nitrogens with one attached hydrogen (secondary N) is 1. The number of carbonyl (C=O) groups is 1. The first kappa shape index (κ1) is 26.3. The fourth-order valence-electron chi connectivity index (χ4n) is 5.14. The summed E-state index contributed by atoms with van der Waals surface area (Å²) in [7, 11) is 0. The molecule has 1 amide bonds. The second-order valence-corrected chi connectivity index (χ2v) is 10.5. The quantitative estimate of drug-likeness (QED) is 0.260. The zero-order valence-electron chi connectivity index (χ0n) is 21.9. The normalized spacial score (nSPS) is 14.9. The van der Waals surface area contributed by atoms with Crippen LogP contribution in [0.5, 0.6) is 5.75 Å². The van der Waals surface area contributed by atoms with Gasteiger partial charge in [0.1, 0.15) is 18.2 Å². The van der Waals surface area contributed by atoms with Gasteiger partial charge in [0.2, 0.25) is 5.91 Å². The zero-order valence-corrected chi connectivity index (χ0v) is 22.7. The Morgan fingerprint density at radius 3 is 2.53 bits per heavy atom. The lowest BCUT2D eigenvalue weighted by molar-refractivity contribution is -0.130. The minimum atomic E-state index is -0.161. The van der Waals surface area contributed by atoms with Gasteiger partial charge in [0.25, 0.3) is 0 Å². The number of hydrogen-bond acceptors (Lipinski definition) is 4. The van der Waals surface area contributed by atoms with Gasteiger partial charge in [-0.15, -0.1) is 0 Å². The lowest BCUT2D eigenvalue weighted by atomic mass is 9.95. The van der Waals surface area contributed by atoms with Crippen LogP contribution in [0.2, 0.25) is 5.02 Å². The zero-order chi connectivity index (χ0) is 26.3. The van der Waals surface area contributed by atoms with Crippen molar-refractivity contribution < 1.29 is 9.53 Å². The molecule has 1 atom stereocenters. The summed E-state index contributed by atoms with van der Waals surface area (Å²) in [5.74, 6) is 1.52. The number of para-hydroxylation sites is 1. The molecule has 5 rings (SSSR count). The molecule has 1 N–H and O–H groups in total. The van der Waals surface area contributed by atoms with Gasteiger partial charge in [-0.1, -0.05) is 60.5 Å². The van der Waals surface area contributed by atoms with Gasteiger partial charge in [0.15, 0.2) is 0 Å². The number of halogens is 1. The third-order valence-electron chi connectivity index (χ3n) is 7.26. The highest BCUT2D eigenvalue weighted by atomic mass is 35.5. The molecular formula is C31H35ClN4O2. The summed E-state index contributed by atoms with van der Waals surface area (Å²) in [5, 5.41) is 2.76. The Morgan fingerprint density at radius 1 is 1.00 bits per heavy atom. The maximum atomic E-state index is 13.5. The number of benzene rings is 3. The smallest absolute Gasteiger partial charge is 0.237 e. The summed E-state index contributed by atoms with van der Waals surface area (Å²) in [6.45, 7) is 4.92. The number of rotatable bonds is 10. The van der Waals surface area contributed by atoms with Crippen LogP contribution in [0.4, 0.5) is 0 Å². The van der Waals surface area contributed by atoms with E-state index in [2.05, 4.69) is 52.3 Å². The van der Waals surface area contributed by atoms with Crippen molar-refractivity contribution in [2.75, 3.05) is 13.1 Å². The molecule has 1 aliphatic rings. The number of fused-ring (bicyclic) bond motifs is 1. The molecule has 0 radical (unpaired) electrons. The van der Waals surface area contributed by atoms with Crippen LogP contribution in [0.15, 0.2) is 72.8 Å². The molecule has 2 heterocycles. The Morgan fingerprint density at radius 2 is 1.76 bits per heavy atom. The van der Waals surface area contributed by atoms with Crippen LogP contribution in [0, 0.1) is 12.8 Å². The molecule has 6 nitrogen and oxygen atoms in total. The van der Waals surface area contributed by atoms with Crippen LogP contribution in [0.1, 0.15) is 42.6 Å². The van der Waals surface area contributed by atoms with Crippen LogP contribution in [-0.2, 0) is 24.4 Å². The van der Waals surface area contributed by atoms with Crippen molar-refractivity contribution in [3.63, 3.8) is 0 Å². The largest absolute Gasteiger partial charge is 0.486 e. The van der Waals surface area contributed by atoms with Crippen molar-refractivity contribution in [1.29, 1.82) is 0 Å². The molecule has 1 aromatic heterocycles. The molecule has 0 bridgehead atoms. The third-order valence-corrected chi connectivity index (χ3v) is 7.51. The molecule has 4 aromatic rings. The van der Waals surface area contributed by atoms with Gasteiger partial charge in [0, 0.05) is 30.6 Å². The minimum Gasteiger partial charge on any atom is -0.486 e. The van der Waals surface area contributed by atoms with Crippen LogP contribution in [0.25, 0.3) is 11.0 Å². The summed E-state index contributed by atoms with van der Waals surface area (Å²) in [4.78, 5) is 18.5. The monoisotopic (exact) mass is 530 g/mol.